The van der Waals surface area contributed by atoms with Crippen LogP contribution in [-0.4, -0.2) is 29.8 Å². The normalized spacial score (nSPS) is 27.5. The van der Waals surface area contributed by atoms with E-state index in [9.17, 15) is 0 Å². The second-order valence-corrected chi connectivity index (χ2v) is 7.23. The molecule has 0 aromatic carbocycles. The van der Waals surface area contributed by atoms with E-state index in [0.717, 1.165) is 42.4 Å². The molecule has 1 aromatic heterocycles. The minimum absolute atomic E-state index is 0.479. The number of nitrogens with one attached hydrogen (secondary N) is 1. The van der Waals surface area contributed by atoms with E-state index in [1.807, 2.05) is 0 Å². The third-order valence-electron chi connectivity index (χ3n) is 5.18. The quantitative estimate of drug-likeness (QED) is 0.874. The summed E-state index contributed by atoms with van der Waals surface area (Å²) in [5.74, 6) is 3.87. The Balaban J connectivity index is 1.53. The fourth-order valence-electron chi connectivity index (χ4n) is 4.00. The van der Waals surface area contributed by atoms with Crippen LogP contribution in [-0.2, 0) is 6.54 Å². The molecule has 0 spiro atoms. The first-order valence-corrected chi connectivity index (χ1v) is 8.39. The van der Waals surface area contributed by atoms with Gasteiger partial charge in [0.15, 0.2) is 5.82 Å². The van der Waals surface area contributed by atoms with Gasteiger partial charge in [0, 0.05) is 26.2 Å². The molecular weight excluding hydrogens is 260 g/mol. The van der Waals surface area contributed by atoms with Gasteiger partial charge in [0.2, 0.25) is 0 Å². The van der Waals surface area contributed by atoms with Gasteiger partial charge in [0.05, 0.1) is 5.69 Å². The standard InChI is InChI=1S/C17H28N4/c1-12(2)18-10-16-6-7-17(20-19-16)21(3)11-15-9-13-4-5-14(15)8-13/h6-7,12-15,18H,4-5,8-11H2,1-3H3. The van der Waals surface area contributed by atoms with Crippen molar-refractivity contribution >= 4 is 5.82 Å². The lowest BCUT2D eigenvalue weighted by Crippen LogP contribution is -2.29. The predicted octanol–water partition coefficient (Wildman–Crippen LogP) is 2.85. The van der Waals surface area contributed by atoms with E-state index in [2.05, 4.69) is 53.4 Å². The molecule has 0 radical (unpaired) electrons. The maximum Gasteiger partial charge on any atom is 0.150 e. The maximum absolute atomic E-state index is 4.40. The molecule has 1 N–H and O–H groups in total. The summed E-state index contributed by atoms with van der Waals surface area (Å²) in [7, 11) is 2.15. The molecule has 1 heterocycles. The first-order chi connectivity index (χ1) is 10.1. The molecule has 2 aliphatic carbocycles. The summed E-state index contributed by atoms with van der Waals surface area (Å²) in [5.41, 5.74) is 1.01. The van der Waals surface area contributed by atoms with Crippen molar-refractivity contribution in [2.24, 2.45) is 17.8 Å². The molecule has 2 saturated carbocycles. The molecule has 2 fully saturated rings. The van der Waals surface area contributed by atoms with E-state index in [1.54, 1.807) is 0 Å². The Hall–Kier alpha value is -1.16. The first-order valence-electron chi connectivity index (χ1n) is 8.39. The zero-order valence-electron chi connectivity index (χ0n) is 13.5. The summed E-state index contributed by atoms with van der Waals surface area (Å²) >= 11 is 0. The van der Waals surface area contributed by atoms with Crippen molar-refractivity contribution in [1.82, 2.24) is 15.5 Å². The number of nitrogens with zero attached hydrogens (tertiary/aromatic N) is 3. The molecule has 0 saturated heterocycles. The Kier molecular flexibility index (Phi) is 4.43. The van der Waals surface area contributed by atoms with Gasteiger partial charge in [-0.1, -0.05) is 20.3 Å². The van der Waals surface area contributed by atoms with Crippen molar-refractivity contribution in [2.75, 3.05) is 18.5 Å². The van der Waals surface area contributed by atoms with Crippen LogP contribution < -0.4 is 10.2 Å². The molecule has 2 aliphatic rings. The van der Waals surface area contributed by atoms with Crippen LogP contribution in [0.15, 0.2) is 12.1 Å². The molecule has 1 aromatic rings. The van der Waals surface area contributed by atoms with Gasteiger partial charge in [-0.25, -0.2) is 0 Å². The second-order valence-electron chi connectivity index (χ2n) is 7.23. The fourth-order valence-corrected chi connectivity index (χ4v) is 4.00. The zero-order valence-corrected chi connectivity index (χ0v) is 13.5. The van der Waals surface area contributed by atoms with Crippen molar-refractivity contribution in [3.8, 4) is 0 Å². The molecule has 3 unspecified atom stereocenters. The van der Waals surface area contributed by atoms with Gasteiger partial charge in [-0.15, -0.1) is 5.10 Å². The Labute approximate surface area is 128 Å². The first kappa shape index (κ1) is 14.8. The van der Waals surface area contributed by atoms with Gasteiger partial charge in [-0.05, 0) is 49.1 Å². The lowest BCUT2D eigenvalue weighted by atomic mass is 9.88. The van der Waals surface area contributed by atoms with E-state index in [4.69, 9.17) is 0 Å². The fraction of sp³-hybridized carbons (Fsp3) is 0.765. The van der Waals surface area contributed by atoms with Crippen LogP contribution in [0, 0.1) is 17.8 Å². The van der Waals surface area contributed by atoms with Gasteiger partial charge < -0.3 is 10.2 Å². The smallest absolute Gasteiger partial charge is 0.150 e. The maximum atomic E-state index is 4.40. The van der Waals surface area contributed by atoms with E-state index in [1.165, 1.54) is 25.7 Å². The van der Waals surface area contributed by atoms with Crippen molar-refractivity contribution in [3.63, 3.8) is 0 Å². The molecule has 4 nitrogen and oxygen atoms in total. The van der Waals surface area contributed by atoms with Crippen LogP contribution in [0.3, 0.4) is 0 Å². The number of rotatable bonds is 6. The second kappa shape index (κ2) is 6.30. The minimum atomic E-state index is 0.479. The molecule has 21 heavy (non-hydrogen) atoms. The highest BCUT2D eigenvalue weighted by molar-refractivity contribution is 5.36. The average Bonchev–Trinajstić information content (AvgIpc) is 3.08. The van der Waals surface area contributed by atoms with Gasteiger partial charge >= 0.3 is 0 Å². The summed E-state index contributed by atoms with van der Waals surface area (Å²) in [6.07, 6.45) is 5.83. The zero-order chi connectivity index (χ0) is 14.8. The van der Waals surface area contributed by atoms with Crippen LogP contribution in [0.4, 0.5) is 5.82 Å². The molecule has 4 heteroatoms. The Morgan fingerprint density at radius 2 is 2.10 bits per heavy atom. The minimum Gasteiger partial charge on any atom is -0.358 e. The SMILES string of the molecule is CC(C)NCc1ccc(N(C)CC2CC3CCC2C3)nn1. The van der Waals surface area contributed by atoms with Crippen molar-refractivity contribution in [1.29, 1.82) is 0 Å². The van der Waals surface area contributed by atoms with Crippen LogP contribution >= 0.6 is 0 Å². The third-order valence-corrected chi connectivity index (χ3v) is 5.18. The van der Waals surface area contributed by atoms with E-state index in [0.29, 0.717) is 6.04 Å². The lowest BCUT2D eigenvalue weighted by Gasteiger charge is -2.27. The summed E-state index contributed by atoms with van der Waals surface area (Å²) in [4.78, 5) is 2.29. The Morgan fingerprint density at radius 1 is 1.24 bits per heavy atom. The lowest BCUT2D eigenvalue weighted by molar-refractivity contribution is 0.337. The number of hydrogen-bond acceptors (Lipinski definition) is 4. The Bertz CT molecular complexity index is 456. The number of aromatic nitrogens is 2. The van der Waals surface area contributed by atoms with Crippen LogP contribution in [0.25, 0.3) is 0 Å². The van der Waals surface area contributed by atoms with Crippen LogP contribution in [0.5, 0.6) is 0 Å². The van der Waals surface area contributed by atoms with Crippen molar-refractivity contribution in [2.45, 2.75) is 52.1 Å². The van der Waals surface area contributed by atoms with Gasteiger partial charge in [-0.2, -0.15) is 5.10 Å². The van der Waals surface area contributed by atoms with E-state index >= 15 is 0 Å². The van der Waals surface area contributed by atoms with Gasteiger partial charge in [0.1, 0.15) is 0 Å². The summed E-state index contributed by atoms with van der Waals surface area (Å²) in [6.45, 7) is 6.22. The third kappa shape index (κ3) is 3.54. The summed E-state index contributed by atoms with van der Waals surface area (Å²) in [5, 5.41) is 12.1. The monoisotopic (exact) mass is 288 g/mol. The van der Waals surface area contributed by atoms with Crippen molar-refractivity contribution in [3.05, 3.63) is 17.8 Å². The molecular formula is C17H28N4. The summed E-state index contributed by atoms with van der Waals surface area (Å²) < 4.78 is 0. The molecule has 3 rings (SSSR count). The summed E-state index contributed by atoms with van der Waals surface area (Å²) in [6, 6.07) is 4.68. The van der Waals surface area contributed by atoms with Crippen molar-refractivity contribution < 1.29 is 0 Å². The molecule has 2 bridgehead atoms. The molecule has 3 atom stereocenters. The van der Waals surface area contributed by atoms with E-state index in [-0.39, 0.29) is 0 Å². The van der Waals surface area contributed by atoms with E-state index < -0.39 is 0 Å². The highest BCUT2D eigenvalue weighted by Crippen LogP contribution is 2.48. The molecule has 0 amide bonds. The molecule has 116 valence electrons. The highest BCUT2D eigenvalue weighted by atomic mass is 15.2. The topological polar surface area (TPSA) is 41.0 Å². The van der Waals surface area contributed by atoms with Gasteiger partial charge in [-0.3, -0.25) is 0 Å². The average molecular weight is 288 g/mol. The van der Waals surface area contributed by atoms with Crippen LogP contribution in [0.1, 0.15) is 45.2 Å². The van der Waals surface area contributed by atoms with Crippen LogP contribution in [0.2, 0.25) is 0 Å². The number of hydrogen-bond donors (Lipinski definition) is 1. The number of anilines is 1. The number of fused-ring (bicyclic) bond motifs is 2. The van der Waals surface area contributed by atoms with Gasteiger partial charge in [0.25, 0.3) is 0 Å². The highest BCUT2D eigenvalue weighted by Gasteiger charge is 2.39. The molecule has 0 aliphatic heterocycles. The Morgan fingerprint density at radius 3 is 2.67 bits per heavy atom. The predicted molar refractivity (Wildman–Crippen MR) is 86.2 cm³/mol. The largest absolute Gasteiger partial charge is 0.358 e.